The molecule has 0 unspecified atom stereocenters. The first-order chi connectivity index (χ1) is 8.15. The van der Waals surface area contributed by atoms with Gasteiger partial charge in [-0.05, 0) is 33.4 Å². The number of hydrogen-bond donors (Lipinski definition) is 1. The standard InChI is InChI=1S/C12H23N3O2/c1-14(2)9-5-4-6-10-11(9)13-7-8-15(10)12(16)17-3/h9-11,13H,4-8H2,1-3H3/t9-,10-,11+/m0/s1. The molecule has 2 rings (SSSR count). The molecule has 5 nitrogen and oxygen atoms in total. The Bertz CT molecular complexity index is 283. The van der Waals surface area contributed by atoms with Gasteiger partial charge >= 0.3 is 6.09 Å². The maximum Gasteiger partial charge on any atom is 0.409 e. The first-order valence-electron chi connectivity index (χ1n) is 6.39. The average molecular weight is 241 g/mol. The predicted molar refractivity (Wildman–Crippen MR) is 66.0 cm³/mol. The molecule has 17 heavy (non-hydrogen) atoms. The highest BCUT2D eigenvalue weighted by molar-refractivity contribution is 5.68. The van der Waals surface area contributed by atoms with Crippen molar-refractivity contribution in [2.45, 2.75) is 37.4 Å². The summed E-state index contributed by atoms with van der Waals surface area (Å²) in [5.74, 6) is 0. The zero-order chi connectivity index (χ0) is 12.4. The van der Waals surface area contributed by atoms with E-state index >= 15 is 0 Å². The molecule has 0 radical (unpaired) electrons. The summed E-state index contributed by atoms with van der Waals surface area (Å²) in [7, 11) is 5.70. The quantitative estimate of drug-likeness (QED) is 0.726. The van der Waals surface area contributed by atoms with Crippen LogP contribution in [-0.4, -0.2) is 68.3 Å². The van der Waals surface area contributed by atoms with Crippen LogP contribution in [0.25, 0.3) is 0 Å². The largest absolute Gasteiger partial charge is 0.453 e. The maximum absolute atomic E-state index is 11.8. The SMILES string of the molecule is COC(=O)N1CCN[C@@H]2[C@@H](N(C)C)CCC[C@@H]21. The third kappa shape index (κ3) is 2.40. The summed E-state index contributed by atoms with van der Waals surface area (Å²) in [6.45, 7) is 1.62. The molecular formula is C12H23N3O2. The van der Waals surface area contributed by atoms with Crippen LogP contribution in [0.4, 0.5) is 4.79 Å². The number of fused-ring (bicyclic) bond motifs is 1. The molecule has 0 aromatic carbocycles. The number of rotatable bonds is 1. The minimum atomic E-state index is -0.180. The van der Waals surface area contributed by atoms with Gasteiger partial charge in [-0.15, -0.1) is 0 Å². The fourth-order valence-corrected chi connectivity index (χ4v) is 3.21. The van der Waals surface area contributed by atoms with Crippen LogP contribution < -0.4 is 5.32 Å². The van der Waals surface area contributed by atoms with Crippen molar-refractivity contribution < 1.29 is 9.53 Å². The smallest absolute Gasteiger partial charge is 0.409 e. The topological polar surface area (TPSA) is 44.8 Å². The molecule has 3 atom stereocenters. The first-order valence-corrected chi connectivity index (χ1v) is 6.39. The van der Waals surface area contributed by atoms with Crippen LogP contribution in [-0.2, 0) is 4.74 Å². The fraction of sp³-hybridized carbons (Fsp3) is 0.917. The Morgan fingerprint density at radius 1 is 1.41 bits per heavy atom. The Balaban J connectivity index is 2.12. The number of ether oxygens (including phenoxy) is 1. The normalized spacial score (nSPS) is 33.4. The van der Waals surface area contributed by atoms with Crippen LogP contribution >= 0.6 is 0 Å². The fourth-order valence-electron chi connectivity index (χ4n) is 3.21. The summed E-state index contributed by atoms with van der Waals surface area (Å²) >= 11 is 0. The summed E-state index contributed by atoms with van der Waals surface area (Å²) in [5, 5.41) is 3.57. The molecule has 0 aromatic rings. The van der Waals surface area contributed by atoms with Crippen LogP contribution in [0.1, 0.15) is 19.3 Å². The van der Waals surface area contributed by atoms with E-state index in [1.807, 2.05) is 4.90 Å². The highest BCUT2D eigenvalue weighted by Gasteiger charge is 2.41. The summed E-state index contributed by atoms with van der Waals surface area (Å²) in [5.41, 5.74) is 0. The Kier molecular flexibility index (Phi) is 3.89. The highest BCUT2D eigenvalue weighted by Crippen LogP contribution is 2.28. The number of nitrogens with one attached hydrogen (secondary N) is 1. The second-order valence-electron chi connectivity index (χ2n) is 5.17. The third-order valence-corrected chi connectivity index (χ3v) is 4.03. The molecule has 1 saturated heterocycles. The van der Waals surface area contributed by atoms with Crippen LogP contribution in [0.15, 0.2) is 0 Å². The van der Waals surface area contributed by atoms with Gasteiger partial charge in [0, 0.05) is 25.2 Å². The second kappa shape index (κ2) is 5.23. The lowest BCUT2D eigenvalue weighted by Crippen LogP contribution is -2.67. The Morgan fingerprint density at radius 2 is 2.18 bits per heavy atom. The summed E-state index contributed by atoms with van der Waals surface area (Å²) in [6, 6.07) is 1.19. The third-order valence-electron chi connectivity index (χ3n) is 4.03. The van der Waals surface area contributed by atoms with Crippen LogP contribution in [0.2, 0.25) is 0 Å². The lowest BCUT2D eigenvalue weighted by molar-refractivity contribution is 0.0348. The summed E-state index contributed by atoms with van der Waals surface area (Å²) in [4.78, 5) is 15.9. The molecule has 2 fully saturated rings. The van der Waals surface area contributed by atoms with Crippen molar-refractivity contribution in [3.8, 4) is 0 Å². The van der Waals surface area contributed by atoms with E-state index in [1.165, 1.54) is 20.0 Å². The van der Waals surface area contributed by atoms with Crippen molar-refractivity contribution in [2.24, 2.45) is 0 Å². The number of likely N-dealkylation sites (N-methyl/N-ethyl adjacent to an activating group) is 1. The number of carbonyl (C=O) groups excluding carboxylic acids is 1. The second-order valence-corrected chi connectivity index (χ2v) is 5.17. The van der Waals surface area contributed by atoms with Gasteiger partial charge in [-0.1, -0.05) is 0 Å². The van der Waals surface area contributed by atoms with E-state index in [4.69, 9.17) is 4.74 Å². The van der Waals surface area contributed by atoms with Crippen LogP contribution in [0, 0.1) is 0 Å². The minimum Gasteiger partial charge on any atom is -0.453 e. The zero-order valence-electron chi connectivity index (χ0n) is 11.0. The number of hydrogen-bond acceptors (Lipinski definition) is 4. The van der Waals surface area contributed by atoms with E-state index in [9.17, 15) is 4.79 Å². The van der Waals surface area contributed by atoms with Gasteiger partial charge < -0.3 is 19.9 Å². The van der Waals surface area contributed by atoms with E-state index in [-0.39, 0.29) is 12.1 Å². The van der Waals surface area contributed by atoms with E-state index < -0.39 is 0 Å². The lowest BCUT2D eigenvalue weighted by Gasteiger charge is -2.49. The zero-order valence-corrected chi connectivity index (χ0v) is 11.0. The van der Waals surface area contributed by atoms with Crippen molar-refractivity contribution in [3.63, 3.8) is 0 Å². The molecule has 0 bridgehead atoms. The lowest BCUT2D eigenvalue weighted by atomic mass is 9.83. The van der Waals surface area contributed by atoms with Crippen LogP contribution in [0.5, 0.6) is 0 Å². The van der Waals surface area contributed by atoms with Gasteiger partial charge in [-0.2, -0.15) is 0 Å². The average Bonchev–Trinajstić information content (AvgIpc) is 2.36. The van der Waals surface area contributed by atoms with Gasteiger partial charge in [-0.3, -0.25) is 0 Å². The molecule has 5 heteroatoms. The molecule has 1 N–H and O–H groups in total. The molecule has 1 amide bonds. The van der Waals surface area contributed by atoms with Gasteiger partial charge in [0.05, 0.1) is 13.2 Å². The molecule has 0 spiro atoms. The van der Waals surface area contributed by atoms with Gasteiger partial charge in [0.2, 0.25) is 0 Å². The number of piperazine rings is 1. The van der Waals surface area contributed by atoms with Crippen molar-refractivity contribution in [1.82, 2.24) is 15.1 Å². The van der Waals surface area contributed by atoms with Crippen molar-refractivity contribution in [2.75, 3.05) is 34.3 Å². The molecule has 1 saturated carbocycles. The highest BCUT2D eigenvalue weighted by atomic mass is 16.5. The van der Waals surface area contributed by atoms with Crippen molar-refractivity contribution >= 4 is 6.09 Å². The molecule has 1 aliphatic carbocycles. The maximum atomic E-state index is 11.8. The summed E-state index contributed by atoms with van der Waals surface area (Å²) in [6.07, 6.45) is 3.29. The van der Waals surface area contributed by atoms with E-state index in [2.05, 4.69) is 24.3 Å². The minimum absolute atomic E-state index is 0.180. The molecule has 0 aromatic heterocycles. The first kappa shape index (κ1) is 12.6. The number of carbonyl (C=O) groups is 1. The molecule has 2 aliphatic rings. The van der Waals surface area contributed by atoms with E-state index in [0.717, 1.165) is 19.5 Å². The molecule has 1 heterocycles. The Labute approximate surface area is 103 Å². The monoisotopic (exact) mass is 241 g/mol. The van der Waals surface area contributed by atoms with Gasteiger partial charge in [0.15, 0.2) is 0 Å². The van der Waals surface area contributed by atoms with Crippen molar-refractivity contribution in [3.05, 3.63) is 0 Å². The van der Waals surface area contributed by atoms with E-state index in [1.54, 1.807) is 0 Å². The number of nitrogens with zero attached hydrogens (tertiary/aromatic N) is 2. The Hall–Kier alpha value is -0.810. The van der Waals surface area contributed by atoms with Gasteiger partial charge in [0.25, 0.3) is 0 Å². The Morgan fingerprint density at radius 3 is 2.82 bits per heavy atom. The number of amides is 1. The van der Waals surface area contributed by atoms with Gasteiger partial charge in [0.1, 0.15) is 0 Å². The van der Waals surface area contributed by atoms with E-state index in [0.29, 0.717) is 12.1 Å². The van der Waals surface area contributed by atoms with Crippen LogP contribution in [0.3, 0.4) is 0 Å². The molecule has 98 valence electrons. The predicted octanol–water partition coefficient (Wildman–Crippen LogP) is 0.509. The summed E-state index contributed by atoms with van der Waals surface area (Å²) < 4.78 is 4.88. The van der Waals surface area contributed by atoms with Crippen molar-refractivity contribution in [1.29, 1.82) is 0 Å². The van der Waals surface area contributed by atoms with Gasteiger partial charge in [-0.25, -0.2) is 4.79 Å². The molecule has 1 aliphatic heterocycles. The number of methoxy groups -OCH3 is 1. The molecular weight excluding hydrogens is 218 g/mol.